The van der Waals surface area contributed by atoms with Crippen LogP contribution < -0.4 is 15.2 Å². The molecule has 0 fully saturated rings. The first-order valence-corrected chi connectivity index (χ1v) is 11.8. The molecule has 2 aromatic carbocycles. The molecule has 0 saturated carbocycles. The van der Waals surface area contributed by atoms with Crippen molar-refractivity contribution in [3.63, 3.8) is 0 Å². The molecular formula is C24H29FN4O2S. The van der Waals surface area contributed by atoms with Crippen LogP contribution in [0.3, 0.4) is 0 Å². The highest BCUT2D eigenvalue weighted by molar-refractivity contribution is 7.84. The predicted octanol–water partition coefficient (Wildman–Crippen LogP) is 4.01. The summed E-state index contributed by atoms with van der Waals surface area (Å²) < 4.78 is 30.7. The van der Waals surface area contributed by atoms with Crippen LogP contribution in [0.5, 0.6) is 0 Å². The number of nitrogens with zero attached hydrogens (tertiary/aromatic N) is 3. The number of anilines is 1. The van der Waals surface area contributed by atoms with Crippen molar-refractivity contribution in [1.82, 2.24) is 14.3 Å². The first kappa shape index (κ1) is 22.6. The molecule has 3 aromatic rings. The van der Waals surface area contributed by atoms with E-state index in [0.717, 1.165) is 22.3 Å². The molecule has 0 bridgehead atoms. The highest BCUT2D eigenvalue weighted by Gasteiger charge is 2.26. The topological polar surface area (TPSA) is 67.2 Å². The molecule has 4 rings (SSSR count). The molecule has 0 aliphatic carbocycles. The van der Waals surface area contributed by atoms with Crippen molar-refractivity contribution in [2.75, 3.05) is 4.90 Å². The second-order valence-corrected chi connectivity index (χ2v) is 11.5. The Hall–Kier alpha value is -2.58. The molecule has 0 amide bonds. The minimum Gasteiger partial charge on any atom is -0.333 e. The van der Waals surface area contributed by atoms with Crippen molar-refractivity contribution >= 4 is 27.8 Å². The molecule has 1 N–H and O–H groups in total. The number of aryl methyl sites for hydroxylation is 1. The van der Waals surface area contributed by atoms with Crippen LogP contribution in [-0.2, 0) is 31.1 Å². The zero-order valence-corrected chi connectivity index (χ0v) is 20.1. The Balaban J connectivity index is 1.81. The standard InChI is InChI=1S/C24H29FN4O2S/c1-14-9-19(15(2)27-32(31)24(3,4)5)21-20(10-14)22(30)28(6)23(26-21)29-12-16-7-8-18(25)11-17(16)13-29/h7-11,15,27H,12-13H2,1-6H3/t15-,32-/m1/s1. The van der Waals surface area contributed by atoms with E-state index in [-0.39, 0.29) is 17.4 Å². The van der Waals surface area contributed by atoms with E-state index in [1.165, 1.54) is 12.1 Å². The average Bonchev–Trinajstić information content (AvgIpc) is 3.12. The van der Waals surface area contributed by atoms with E-state index in [1.54, 1.807) is 17.7 Å². The quantitative estimate of drug-likeness (QED) is 0.644. The van der Waals surface area contributed by atoms with Gasteiger partial charge in [0.15, 0.2) is 0 Å². The lowest BCUT2D eigenvalue weighted by Crippen LogP contribution is -2.35. The van der Waals surface area contributed by atoms with Gasteiger partial charge in [0.05, 0.1) is 26.6 Å². The van der Waals surface area contributed by atoms with Gasteiger partial charge in [-0.2, -0.15) is 0 Å². The van der Waals surface area contributed by atoms with Crippen LogP contribution in [0.1, 0.15) is 56.0 Å². The third kappa shape index (κ3) is 4.09. The minimum atomic E-state index is -1.27. The summed E-state index contributed by atoms with van der Waals surface area (Å²) in [7, 11) is 0.443. The zero-order chi connectivity index (χ0) is 23.4. The highest BCUT2D eigenvalue weighted by Crippen LogP contribution is 2.30. The zero-order valence-electron chi connectivity index (χ0n) is 19.3. The minimum absolute atomic E-state index is 0.138. The number of hydrogen-bond donors (Lipinski definition) is 1. The van der Waals surface area contributed by atoms with Crippen molar-refractivity contribution in [2.24, 2.45) is 7.05 Å². The van der Waals surface area contributed by atoms with Crippen LogP contribution in [0, 0.1) is 12.7 Å². The van der Waals surface area contributed by atoms with E-state index in [9.17, 15) is 13.4 Å². The third-order valence-electron chi connectivity index (χ3n) is 5.81. The maximum absolute atomic E-state index is 13.7. The number of hydrogen-bond acceptors (Lipinski definition) is 4. The van der Waals surface area contributed by atoms with Gasteiger partial charge in [0.2, 0.25) is 5.95 Å². The summed E-state index contributed by atoms with van der Waals surface area (Å²) in [5.74, 6) is 0.267. The molecular weight excluding hydrogens is 427 g/mol. The number of fused-ring (bicyclic) bond motifs is 2. The van der Waals surface area contributed by atoms with Crippen LogP contribution in [0.4, 0.5) is 10.3 Å². The molecule has 170 valence electrons. The number of halogens is 1. The van der Waals surface area contributed by atoms with Crippen molar-refractivity contribution in [2.45, 2.75) is 58.5 Å². The Bertz CT molecular complexity index is 1300. The number of aromatic nitrogens is 2. The lowest BCUT2D eigenvalue weighted by atomic mass is 10.0. The molecule has 2 heterocycles. The fourth-order valence-corrected chi connectivity index (χ4v) is 4.86. The van der Waals surface area contributed by atoms with Gasteiger partial charge in [0.25, 0.3) is 5.56 Å². The summed E-state index contributed by atoms with van der Waals surface area (Å²) in [5, 5.41) is 0.532. The van der Waals surface area contributed by atoms with Crippen molar-refractivity contribution in [3.05, 3.63) is 68.8 Å². The summed E-state index contributed by atoms with van der Waals surface area (Å²) in [4.78, 5) is 20.2. The van der Waals surface area contributed by atoms with Crippen molar-refractivity contribution < 1.29 is 8.60 Å². The van der Waals surface area contributed by atoms with Crippen LogP contribution in [0.25, 0.3) is 10.9 Å². The Morgan fingerprint density at radius 3 is 2.53 bits per heavy atom. The molecule has 2 atom stereocenters. The fraction of sp³-hybridized carbons (Fsp3) is 0.417. The first-order chi connectivity index (χ1) is 15.0. The van der Waals surface area contributed by atoms with E-state index in [0.29, 0.717) is 29.9 Å². The van der Waals surface area contributed by atoms with Crippen LogP contribution in [0.15, 0.2) is 35.1 Å². The second-order valence-electron chi connectivity index (χ2n) is 9.52. The van der Waals surface area contributed by atoms with Gasteiger partial charge in [-0.05, 0) is 75.1 Å². The van der Waals surface area contributed by atoms with Crippen LogP contribution in [-0.4, -0.2) is 18.5 Å². The Morgan fingerprint density at radius 2 is 1.84 bits per heavy atom. The van der Waals surface area contributed by atoms with Gasteiger partial charge < -0.3 is 4.90 Å². The molecule has 0 unspecified atom stereocenters. The predicted molar refractivity (Wildman–Crippen MR) is 127 cm³/mol. The van der Waals surface area contributed by atoms with E-state index < -0.39 is 15.7 Å². The van der Waals surface area contributed by atoms with E-state index >= 15 is 0 Å². The normalized spacial score (nSPS) is 15.8. The lowest BCUT2D eigenvalue weighted by Gasteiger charge is -2.24. The molecule has 6 nitrogen and oxygen atoms in total. The summed E-state index contributed by atoms with van der Waals surface area (Å²) in [5.41, 5.74) is 4.17. The maximum Gasteiger partial charge on any atom is 0.262 e. The first-order valence-electron chi connectivity index (χ1n) is 10.7. The average molecular weight is 457 g/mol. The molecule has 1 aromatic heterocycles. The number of nitrogens with one attached hydrogen (secondary N) is 1. The molecule has 1 aliphatic rings. The molecule has 8 heteroatoms. The van der Waals surface area contributed by atoms with Crippen molar-refractivity contribution in [3.8, 4) is 0 Å². The van der Waals surface area contributed by atoms with Crippen LogP contribution in [0.2, 0.25) is 0 Å². The Labute approximate surface area is 190 Å². The smallest absolute Gasteiger partial charge is 0.262 e. The van der Waals surface area contributed by atoms with Gasteiger partial charge in [-0.15, -0.1) is 0 Å². The largest absolute Gasteiger partial charge is 0.333 e. The van der Waals surface area contributed by atoms with Crippen molar-refractivity contribution in [1.29, 1.82) is 0 Å². The molecule has 32 heavy (non-hydrogen) atoms. The summed E-state index contributed by atoms with van der Waals surface area (Å²) in [6.45, 7) is 10.7. The fourth-order valence-electron chi connectivity index (χ4n) is 4.06. The summed E-state index contributed by atoms with van der Waals surface area (Å²) in [6.07, 6.45) is 0. The highest BCUT2D eigenvalue weighted by atomic mass is 32.2. The van der Waals surface area contributed by atoms with Gasteiger partial charge in [0.1, 0.15) is 5.82 Å². The Morgan fingerprint density at radius 1 is 1.16 bits per heavy atom. The van der Waals surface area contributed by atoms with E-state index in [4.69, 9.17) is 4.98 Å². The van der Waals surface area contributed by atoms with Gasteiger partial charge in [-0.25, -0.2) is 18.3 Å². The van der Waals surface area contributed by atoms with Crippen LogP contribution >= 0.6 is 0 Å². The van der Waals surface area contributed by atoms with E-state index in [1.807, 2.05) is 51.7 Å². The number of benzene rings is 2. The SMILES string of the molecule is Cc1cc([C@@H](C)N[S@](=O)C(C)(C)C)c2nc(N3Cc4ccc(F)cc4C3)n(C)c(=O)c2c1. The maximum atomic E-state index is 13.7. The van der Waals surface area contributed by atoms with Gasteiger partial charge in [-0.1, -0.05) is 12.1 Å². The summed E-state index contributed by atoms with van der Waals surface area (Å²) >= 11 is 0. The van der Waals surface area contributed by atoms with E-state index in [2.05, 4.69) is 4.72 Å². The molecule has 0 radical (unpaired) electrons. The van der Waals surface area contributed by atoms with Gasteiger partial charge >= 0.3 is 0 Å². The second kappa shape index (κ2) is 8.08. The summed E-state index contributed by atoms with van der Waals surface area (Å²) in [6, 6.07) is 8.35. The number of rotatable bonds is 4. The third-order valence-corrected chi connectivity index (χ3v) is 7.49. The Kier molecular flexibility index (Phi) is 5.71. The molecule has 1 aliphatic heterocycles. The molecule has 0 saturated heterocycles. The molecule has 0 spiro atoms. The lowest BCUT2D eigenvalue weighted by molar-refractivity contribution is 0.616. The monoisotopic (exact) mass is 456 g/mol. The van der Waals surface area contributed by atoms with Gasteiger partial charge in [0, 0.05) is 26.2 Å². The van der Waals surface area contributed by atoms with Gasteiger partial charge in [-0.3, -0.25) is 9.36 Å².